The molecule has 0 spiro atoms. The first-order valence-electron chi connectivity index (χ1n) is 7.27. The number of carbonyl (C=O) groups is 1. The van der Waals surface area contributed by atoms with Crippen LogP contribution in [0.3, 0.4) is 0 Å². The molecular weight excluding hydrogens is 244 g/mol. The summed E-state index contributed by atoms with van der Waals surface area (Å²) in [7, 11) is 0. The van der Waals surface area contributed by atoms with Crippen molar-refractivity contribution in [1.82, 2.24) is 10.6 Å². The Morgan fingerprint density at radius 2 is 2.05 bits per heavy atom. The van der Waals surface area contributed by atoms with Crippen LogP contribution in [0.1, 0.15) is 33.1 Å². The molecule has 110 valence electrons. The highest BCUT2D eigenvalue weighted by molar-refractivity contribution is 5.84. The normalized spacial score (nSPS) is 30.5. The van der Waals surface area contributed by atoms with Gasteiger partial charge in [-0.15, -0.1) is 0 Å². The van der Waals surface area contributed by atoms with E-state index in [9.17, 15) is 9.90 Å². The maximum Gasteiger partial charge on any atom is 0.228 e. The van der Waals surface area contributed by atoms with Crippen LogP contribution in [0.5, 0.6) is 0 Å². The van der Waals surface area contributed by atoms with Gasteiger partial charge in [0, 0.05) is 19.8 Å². The molecule has 1 amide bonds. The molecule has 5 nitrogen and oxygen atoms in total. The number of aliphatic hydroxyl groups excluding tert-OH is 1. The van der Waals surface area contributed by atoms with Gasteiger partial charge in [0.2, 0.25) is 5.91 Å². The molecule has 2 rings (SSSR count). The molecule has 0 aromatic carbocycles. The number of hydrogen-bond acceptors (Lipinski definition) is 4. The zero-order valence-corrected chi connectivity index (χ0v) is 12.0. The average Bonchev–Trinajstić information content (AvgIpc) is 2.90. The van der Waals surface area contributed by atoms with Gasteiger partial charge in [0.25, 0.3) is 0 Å². The fourth-order valence-electron chi connectivity index (χ4n) is 3.11. The molecule has 2 saturated heterocycles. The molecule has 2 heterocycles. The molecule has 19 heavy (non-hydrogen) atoms. The number of ether oxygens (including phenoxy) is 1. The van der Waals surface area contributed by atoms with Crippen LogP contribution in [0, 0.1) is 11.3 Å². The van der Waals surface area contributed by atoms with Gasteiger partial charge in [-0.1, -0.05) is 13.8 Å². The Balaban J connectivity index is 2.10. The summed E-state index contributed by atoms with van der Waals surface area (Å²) in [4.78, 5) is 12.7. The monoisotopic (exact) mass is 270 g/mol. The molecule has 0 aromatic rings. The summed E-state index contributed by atoms with van der Waals surface area (Å²) in [6, 6.07) is 0. The second-order valence-corrected chi connectivity index (χ2v) is 6.24. The molecular formula is C14H26N2O3. The molecule has 0 aromatic heterocycles. The van der Waals surface area contributed by atoms with Crippen molar-refractivity contribution in [3.63, 3.8) is 0 Å². The summed E-state index contributed by atoms with van der Waals surface area (Å²) < 4.78 is 5.33. The van der Waals surface area contributed by atoms with Crippen molar-refractivity contribution in [2.75, 3.05) is 32.9 Å². The quantitative estimate of drug-likeness (QED) is 0.686. The molecule has 3 N–H and O–H groups in total. The van der Waals surface area contributed by atoms with Gasteiger partial charge in [0.05, 0.1) is 17.6 Å². The summed E-state index contributed by atoms with van der Waals surface area (Å²) in [6.45, 7) is 7.02. The van der Waals surface area contributed by atoms with Gasteiger partial charge >= 0.3 is 0 Å². The Labute approximate surface area is 115 Å². The van der Waals surface area contributed by atoms with Crippen LogP contribution < -0.4 is 10.6 Å². The Morgan fingerprint density at radius 3 is 2.53 bits per heavy atom. The third-order valence-electron chi connectivity index (χ3n) is 4.88. The summed E-state index contributed by atoms with van der Waals surface area (Å²) >= 11 is 0. The maximum atomic E-state index is 12.7. The van der Waals surface area contributed by atoms with E-state index in [-0.39, 0.29) is 23.8 Å². The van der Waals surface area contributed by atoms with Crippen LogP contribution >= 0.6 is 0 Å². The van der Waals surface area contributed by atoms with Crippen molar-refractivity contribution in [1.29, 1.82) is 0 Å². The van der Waals surface area contributed by atoms with Crippen LogP contribution in [-0.2, 0) is 9.53 Å². The first-order valence-corrected chi connectivity index (χ1v) is 7.27. The number of nitrogens with one attached hydrogen (secondary N) is 2. The first-order chi connectivity index (χ1) is 9.05. The minimum absolute atomic E-state index is 0.0102. The van der Waals surface area contributed by atoms with Gasteiger partial charge in [-0.2, -0.15) is 0 Å². The van der Waals surface area contributed by atoms with Gasteiger partial charge in [-0.3, -0.25) is 4.79 Å². The zero-order chi connectivity index (χ0) is 13.9. The van der Waals surface area contributed by atoms with Gasteiger partial charge in [-0.25, -0.2) is 0 Å². The maximum absolute atomic E-state index is 12.7. The van der Waals surface area contributed by atoms with Crippen LogP contribution in [0.2, 0.25) is 0 Å². The Bertz CT molecular complexity index is 319. The molecule has 1 atom stereocenters. The lowest BCUT2D eigenvalue weighted by molar-refractivity contribution is -0.136. The highest BCUT2D eigenvalue weighted by Gasteiger charge is 2.46. The smallest absolute Gasteiger partial charge is 0.228 e. The van der Waals surface area contributed by atoms with Gasteiger partial charge in [0.15, 0.2) is 0 Å². The van der Waals surface area contributed by atoms with Crippen molar-refractivity contribution in [3.8, 4) is 0 Å². The minimum atomic E-state index is -0.486. The number of aliphatic hydroxyl groups is 1. The lowest BCUT2D eigenvalue weighted by Crippen LogP contribution is -2.59. The SMILES string of the molecule is CC(C)C1(C(=O)NC2(CO)CCOCC2)CCNC1. The van der Waals surface area contributed by atoms with Gasteiger partial charge < -0.3 is 20.5 Å². The lowest BCUT2D eigenvalue weighted by atomic mass is 9.74. The van der Waals surface area contributed by atoms with E-state index in [0.29, 0.717) is 26.1 Å². The lowest BCUT2D eigenvalue weighted by Gasteiger charge is -2.40. The molecule has 0 radical (unpaired) electrons. The molecule has 0 saturated carbocycles. The molecule has 5 heteroatoms. The number of rotatable bonds is 4. The van der Waals surface area contributed by atoms with E-state index in [1.807, 2.05) is 0 Å². The second-order valence-electron chi connectivity index (χ2n) is 6.24. The highest BCUT2D eigenvalue weighted by atomic mass is 16.5. The molecule has 2 fully saturated rings. The molecule has 1 unspecified atom stereocenters. The number of amides is 1. The van der Waals surface area contributed by atoms with Crippen molar-refractivity contribution in [2.45, 2.75) is 38.6 Å². The van der Waals surface area contributed by atoms with Crippen molar-refractivity contribution in [2.24, 2.45) is 11.3 Å². The standard InChI is InChI=1S/C14H26N2O3/c1-11(2)14(3-6-15-9-14)12(18)16-13(10-17)4-7-19-8-5-13/h11,15,17H,3-10H2,1-2H3,(H,16,18). The Kier molecular flexibility index (Phi) is 4.48. The van der Waals surface area contributed by atoms with E-state index in [0.717, 1.165) is 19.5 Å². The summed E-state index contributed by atoms with van der Waals surface area (Å²) in [6.07, 6.45) is 2.25. The van der Waals surface area contributed by atoms with Crippen molar-refractivity contribution in [3.05, 3.63) is 0 Å². The second kappa shape index (κ2) is 5.77. The van der Waals surface area contributed by atoms with Crippen LogP contribution in [-0.4, -0.2) is 49.5 Å². The van der Waals surface area contributed by atoms with Gasteiger partial charge in [-0.05, 0) is 31.7 Å². The zero-order valence-electron chi connectivity index (χ0n) is 12.0. The van der Waals surface area contributed by atoms with E-state index in [1.54, 1.807) is 0 Å². The highest BCUT2D eigenvalue weighted by Crippen LogP contribution is 2.35. The molecule has 2 aliphatic heterocycles. The molecule has 0 bridgehead atoms. The van der Waals surface area contributed by atoms with E-state index in [4.69, 9.17) is 4.74 Å². The minimum Gasteiger partial charge on any atom is -0.394 e. The van der Waals surface area contributed by atoms with Gasteiger partial charge in [0.1, 0.15) is 0 Å². The number of carbonyl (C=O) groups excluding carboxylic acids is 1. The third kappa shape index (κ3) is 2.78. The molecule has 2 aliphatic rings. The van der Waals surface area contributed by atoms with E-state index in [2.05, 4.69) is 24.5 Å². The van der Waals surface area contributed by atoms with Crippen LogP contribution in [0.25, 0.3) is 0 Å². The summed E-state index contributed by atoms with van der Waals surface area (Å²) in [5, 5.41) is 16.1. The topological polar surface area (TPSA) is 70.6 Å². The van der Waals surface area contributed by atoms with E-state index >= 15 is 0 Å². The van der Waals surface area contributed by atoms with Crippen LogP contribution in [0.4, 0.5) is 0 Å². The predicted octanol–water partition coefficient (Wildman–Crippen LogP) is 0.280. The van der Waals surface area contributed by atoms with Crippen molar-refractivity contribution >= 4 is 5.91 Å². The summed E-state index contributed by atoms with van der Waals surface area (Å²) in [5.41, 5.74) is -0.819. The average molecular weight is 270 g/mol. The largest absolute Gasteiger partial charge is 0.394 e. The Morgan fingerprint density at radius 1 is 1.37 bits per heavy atom. The van der Waals surface area contributed by atoms with E-state index < -0.39 is 5.54 Å². The fraction of sp³-hybridized carbons (Fsp3) is 0.929. The number of hydrogen-bond donors (Lipinski definition) is 3. The Hall–Kier alpha value is -0.650. The van der Waals surface area contributed by atoms with Crippen LogP contribution in [0.15, 0.2) is 0 Å². The van der Waals surface area contributed by atoms with E-state index in [1.165, 1.54) is 0 Å². The summed E-state index contributed by atoms with van der Waals surface area (Å²) in [5.74, 6) is 0.376. The fourth-order valence-corrected chi connectivity index (χ4v) is 3.11. The van der Waals surface area contributed by atoms with Crippen molar-refractivity contribution < 1.29 is 14.6 Å². The first kappa shape index (κ1) is 14.8. The predicted molar refractivity (Wildman–Crippen MR) is 72.8 cm³/mol. The molecule has 0 aliphatic carbocycles. The third-order valence-corrected chi connectivity index (χ3v) is 4.88.